The third-order valence-electron chi connectivity index (χ3n) is 4.03. The zero-order chi connectivity index (χ0) is 24.4. The largest absolute Gasteiger partial charge is 0.514 e. The first-order chi connectivity index (χ1) is 15.7. The highest BCUT2D eigenvalue weighted by atomic mass is 35.5. The molecule has 13 heteroatoms. The fourth-order valence-corrected chi connectivity index (χ4v) is 3.61. The lowest BCUT2D eigenvalue weighted by Crippen LogP contribution is -2.31. The van der Waals surface area contributed by atoms with Crippen molar-refractivity contribution in [1.82, 2.24) is 15.0 Å². The van der Waals surface area contributed by atoms with Crippen molar-refractivity contribution in [3.63, 3.8) is 0 Å². The third-order valence-corrected chi connectivity index (χ3v) is 5.69. The number of sulfonamides is 1. The van der Waals surface area contributed by atoms with E-state index < -0.39 is 28.0 Å². The first kappa shape index (κ1) is 26.0. The van der Waals surface area contributed by atoms with Crippen LogP contribution in [0.3, 0.4) is 0 Å². The minimum absolute atomic E-state index is 0.0491. The number of rotatable bonds is 10. The van der Waals surface area contributed by atoms with Gasteiger partial charge in [-0.2, -0.15) is 0 Å². The average molecular weight is 500 g/mol. The molecule has 2 aromatic rings. The Balaban J connectivity index is 2.09. The molecular formula is C20H22ClN3O8S. The Morgan fingerprint density at radius 1 is 1.12 bits per heavy atom. The Kier molecular flexibility index (Phi) is 9.57. The van der Waals surface area contributed by atoms with Gasteiger partial charge in [-0.05, 0) is 37.6 Å². The van der Waals surface area contributed by atoms with E-state index in [1.54, 1.807) is 0 Å². The van der Waals surface area contributed by atoms with Gasteiger partial charge in [0.1, 0.15) is 0 Å². The Hall–Kier alpha value is -3.22. The van der Waals surface area contributed by atoms with Crippen molar-refractivity contribution >= 4 is 39.6 Å². The number of methoxy groups -OCH3 is 1. The molecule has 11 nitrogen and oxygen atoms in total. The van der Waals surface area contributed by atoms with Crippen LogP contribution in [0.4, 0.5) is 4.79 Å². The standard InChI is InChI=1S/C20H22ClN3O8S/c1-3-31-10-4-9-22-19(26)15-11-14(6-7-16(15)21)33(28,29)24-18(25)13-5-8-17(23-12-13)32-20(27)30-2/h5-8,11-12H,3-4,9-10H2,1-2H3,(H,22,26)(H,24,25). The topological polar surface area (TPSA) is 150 Å². The first-order valence-electron chi connectivity index (χ1n) is 9.62. The molecule has 0 radical (unpaired) electrons. The van der Waals surface area contributed by atoms with E-state index in [9.17, 15) is 22.8 Å². The molecule has 2 rings (SSSR count). The van der Waals surface area contributed by atoms with Crippen molar-refractivity contribution in [1.29, 1.82) is 0 Å². The molecule has 1 aromatic heterocycles. The van der Waals surface area contributed by atoms with Gasteiger partial charge in [-0.15, -0.1) is 0 Å². The number of ether oxygens (including phenoxy) is 3. The maximum absolute atomic E-state index is 12.7. The number of halogens is 1. The van der Waals surface area contributed by atoms with Crippen LogP contribution >= 0.6 is 11.6 Å². The van der Waals surface area contributed by atoms with E-state index in [4.69, 9.17) is 16.3 Å². The van der Waals surface area contributed by atoms with E-state index in [1.807, 2.05) is 11.6 Å². The summed E-state index contributed by atoms with van der Waals surface area (Å²) in [7, 11) is -3.22. The van der Waals surface area contributed by atoms with E-state index in [-0.39, 0.29) is 26.9 Å². The zero-order valence-electron chi connectivity index (χ0n) is 17.8. The van der Waals surface area contributed by atoms with Crippen LogP contribution in [0, 0.1) is 0 Å². The van der Waals surface area contributed by atoms with Crippen molar-refractivity contribution in [3.8, 4) is 5.88 Å². The van der Waals surface area contributed by atoms with Gasteiger partial charge in [-0.25, -0.2) is 22.9 Å². The molecule has 33 heavy (non-hydrogen) atoms. The number of carbonyl (C=O) groups is 3. The van der Waals surface area contributed by atoms with Gasteiger partial charge in [0.15, 0.2) is 0 Å². The van der Waals surface area contributed by atoms with Crippen LogP contribution in [0.25, 0.3) is 0 Å². The number of nitrogens with zero attached hydrogens (tertiary/aromatic N) is 1. The van der Waals surface area contributed by atoms with Gasteiger partial charge in [-0.1, -0.05) is 11.6 Å². The lowest BCUT2D eigenvalue weighted by Gasteiger charge is -2.11. The molecule has 2 amide bonds. The van der Waals surface area contributed by atoms with Crippen LogP contribution in [0.1, 0.15) is 34.1 Å². The number of hydrogen-bond acceptors (Lipinski definition) is 9. The van der Waals surface area contributed by atoms with Gasteiger partial charge in [0.2, 0.25) is 5.88 Å². The second-order valence-corrected chi connectivity index (χ2v) is 8.41. The number of carbonyl (C=O) groups excluding carboxylic acids is 3. The molecule has 0 aliphatic carbocycles. The summed E-state index contributed by atoms with van der Waals surface area (Å²) in [6.45, 7) is 3.20. The normalized spacial score (nSPS) is 10.9. The molecule has 0 saturated heterocycles. The Bertz CT molecular complexity index is 1110. The SMILES string of the molecule is CCOCCCNC(=O)c1cc(S(=O)(=O)NC(=O)c2ccc(OC(=O)OC)nc2)ccc1Cl. The van der Waals surface area contributed by atoms with Crippen LogP contribution in [0.2, 0.25) is 5.02 Å². The number of nitrogens with one attached hydrogen (secondary N) is 2. The molecule has 0 aliphatic heterocycles. The highest BCUT2D eigenvalue weighted by Crippen LogP contribution is 2.21. The molecule has 0 spiro atoms. The van der Waals surface area contributed by atoms with E-state index in [0.29, 0.717) is 26.2 Å². The van der Waals surface area contributed by atoms with Gasteiger partial charge < -0.3 is 19.5 Å². The maximum Gasteiger partial charge on any atom is 0.514 e. The second kappa shape index (κ2) is 12.1. The fourth-order valence-electron chi connectivity index (χ4n) is 2.40. The molecule has 0 unspecified atom stereocenters. The summed E-state index contributed by atoms with van der Waals surface area (Å²) in [5, 5.41) is 2.68. The van der Waals surface area contributed by atoms with E-state index in [1.165, 1.54) is 18.2 Å². The third kappa shape index (κ3) is 7.70. The van der Waals surface area contributed by atoms with Crippen molar-refractivity contribution < 1.29 is 37.0 Å². The Labute approximate surface area is 195 Å². The van der Waals surface area contributed by atoms with Gasteiger partial charge in [0.05, 0.1) is 28.2 Å². The van der Waals surface area contributed by atoms with Crippen molar-refractivity contribution in [2.24, 2.45) is 0 Å². The summed E-state index contributed by atoms with van der Waals surface area (Å²) in [5.41, 5.74) is -0.175. The van der Waals surface area contributed by atoms with E-state index in [0.717, 1.165) is 25.4 Å². The van der Waals surface area contributed by atoms with Crippen LogP contribution in [0.15, 0.2) is 41.4 Å². The van der Waals surface area contributed by atoms with Gasteiger partial charge >= 0.3 is 6.16 Å². The number of aromatic nitrogens is 1. The summed E-state index contributed by atoms with van der Waals surface area (Å²) in [6, 6.07) is 5.88. The van der Waals surface area contributed by atoms with Crippen LogP contribution in [0.5, 0.6) is 5.88 Å². The molecule has 178 valence electrons. The summed E-state index contributed by atoms with van der Waals surface area (Å²) in [5.74, 6) is -1.69. The number of hydrogen-bond donors (Lipinski definition) is 2. The second-order valence-electron chi connectivity index (χ2n) is 6.32. The number of pyridine rings is 1. The van der Waals surface area contributed by atoms with Crippen LogP contribution in [-0.4, -0.2) is 58.2 Å². The summed E-state index contributed by atoms with van der Waals surface area (Å²) >= 11 is 6.05. The molecule has 2 N–H and O–H groups in total. The van der Waals surface area contributed by atoms with Crippen molar-refractivity contribution in [2.45, 2.75) is 18.2 Å². The molecule has 0 aliphatic rings. The summed E-state index contributed by atoms with van der Waals surface area (Å²) < 4.78 is 41.4. The lowest BCUT2D eigenvalue weighted by atomic mass is 10.2. The predicted molar refractivity (Wildman–Crippen MR) is 117 cm³/mol. The van der Waals surface area contributed by atoms with Crippen molar-refractivity contribution in [3.05, 3.63) is 52.7 Å². The highest BCUT2D eigenvalue weighted by Gasteiger charge is 2.22. The molecule has 1 heterocycles. The van der Waals surface area contributed by atoms with E-state index in [2.05, 4.69) is 19.8 Å². The first-order valence-corrected chi connectivity index (χ1v) is 11.5. The molecule has 0 fully saturated rings. The minimum Gasteiger partial charge on any atom is -0.437 e. The molecular weight excluding hydrogens is 478 g/mol. The minimum atomic E-state index is -4.34. The lowest BCUT2D eigenvalue weighted by molar-refractivity contribution is 0.0942. The molecule has 1 aromatic carbocycles. The quantitative estimate of drug-likeness (QED) is 0.370. The smallest absolute Gasteiger partial charge is 0.437 e. The van der Waals surface area contributed by atoms with Crippen molar-refractivity contribution in [2.75, 3.05) is 26.9 Å². The van der Waals surface area contributed by atoms with Gasteiger partial charge in [0, 0.05) is 32.0 Å². The average Bonchev–Trinajstić information content (AvgIpc) is 2.79. The van der Waals surface area contributed by atoms with Gasteiger partial charge in [0.25, 0.3) is 21.8 Å². The predicted octanol–water partition coefficient (Wildman–Crippen LogP) is 2.16. The molecule has 0 atom stereocenters. The number of amides is 2. The molecule has 0 saturated carbocycles. The van der Waals surface area contributed by atoms with Crippen LogP contribution in [-0.2, 0) is 19.5 Å². The fraction of sp³-hybridized carbons (Fsp3) is 0.300. The zero-order valence-corrected chi connectivity index (χ0v) is 19.4. The Morgan fingerprint density at radius 2 is 1.88 bits per heavy atom. The van der Waals surface area contributed by atoms with Gasteiger partial charge in [-0.3, -0.25) is 9.59 Å². The monoisotopic (exact) mass is 499 g/mol. The maximum atomic E-state index is 12.7. The highest BCUT2D eigenvalue weighted by molar-refractivity contribution is 7.90. The number of benzene rings is 1. The summed E-state index contributed by atoms with van der Waals surface area (Å²) in [6.07, 6.45) is 0.591. The molecule has 0 bridgehead atoms. The summed E-state index contributed by atoms with van der Waals surface area (Å²) in [4.78, 5) is 39.2. The van der Waals surface area contributed by atoms with Crippen LogP contribution < -0.4 is 14.8 Å². The Morgan fingerprint density at radius 3 is 2.52 bits per heavy atom. The van der Waals surface area contributed by atoms with E-state index >= 15 is 0 Å².